The second-order valence-corrected chi connectivity index (χ2v) is 7.05. The highest BCUT2D eigenvalue weighted by Crippen LogP contribution is 2.38. The van der Waals surface area contributed by atoms with Crippen LogP contribution in [0.25, 0.3) is 0 Å². The van der Waals surface area contributed by atoms with E-state index >= 15 is 0 Å². The minimum atomic E-state index is -0.485. The van der Waals surface area contributed by atoms with Crippen molar-refractivity contribution in [2.75, 3.05) is 39.5 Å². The minimum Gasteiger partial charge on any atom is -0.484 e. The number of aliphatic imine (C=N–C) groups is 1. The van der Waals surface area contributed by atoms with Crippen LogP contribution in [0.3, 0.4) is 0 Å². The van der Waals surface area contributed by atoms with E-state index in [1.54, 1.807) is 0 Å². The van der Waals surface area contributed by atoms with Crippen LogP contribution in [0.15, 0.2) is 29.3 Å². The van der Waals surface area contributed by atoms with Crippen LogP contribution in [-0.2, 0) is 16.1 Å². The van der Waals surface area contributed by atoms with Gasteiger partial charge in [0, 0.05) is 31.7 Å². The molecule has 2 aliphatic heterocycles. The van der Waals surface area contributed by atoms with Crippen molar-refractivity contribution in [2.24, 2.45) is 16.1 Å². The number of carbonyl (C=O) groups excluding carboxylic acids is 1. The molecule has 0 aliphatic carbocycles. The van der Waals surface area contributed by atoms with Crippen molar-refractivity contribution in [2.45, 2.75) is 26.3 Å². The molecule has 0 radical (unpaired) electrons. The summed E-state index contributed by atoms with van der Waals surface area (Å²) in [5.74, 6) is 1.09. The van der Waals surface area contributed by atoms with Crippen LogP contribution >= 0.6 is 0 Å². The molecule has 1 amide bonds. The Morgan fingerprint density at radius 2 is 2.35 bits per heavy atom. The molecule has 0 bridgehead atoms. The SMILES string of the molecule is CCNC(=NCc1cccc(OCC(N)=O)c1)N1CCC2(CCOC2)C1. The molecule has 26 heavy (non-hydrogen) atoms. The van der Waals surface area contributed by atoms with Gasteiger partial charge in [0.2, 0.25) is 0 Å². The molecule has 2 fully saturated rings. The van der Waals surface area contributed by atoms with E-state index in [9.17, 15) is 4.79 Å². The van der Waals surface area contributed by atoms with E-state index in [1.807, 2.05) is 24.3 Å². The zero-order valence-electron chi connectivity index (χ0n) is 15.4. The van der Waals surface area contributed by atoms with E-state index in [2.05, 4.69) is 17.1 Å². The molecule has 1 spiro atoms. The molecule has 1 aromatic rings. The van der Waals surface area contributed by atoms with Gasteiger partial charge in [-0.15, -0.1) is 0 Å². The van der Waals surface area contributed by atoms with Gasteiger partial charge in [-0.25, -0.2) is 4.99 Å². The van der Waals surface area contributed by atoms with Gasteiger partial charge in [0.25, 0.3) is 5.91 Å². The molecule has 0 saturated carbocycles. The maximum absolute atomic E-state index is 10.9. The number of guanidine groups is 1. The lowest BCUT2D eigenvalue weighted by molar-refractivity contribution is -0.119. The number of nitrogens with one attached hydrogen (secondary N) is 1. The molecular formula is C19H28N4O3. The van der Waals surface area contributed by atoms with Crippen molar-refractivity contribution in [3.05, 3.63) is 29.8 Å². The standard InChI is InChI=1S/C19H28N4O3/c1-2-21-18(23-8-6-19(13-23)7-9-25-14-19)22-11-15-4-3-5-16(10-15)26-12-17(20)24/h3-5,10H,2,6-9,11-14H2,1H3,(H2,20,24)(H,21,22). The van der Waals surface area contributed by atoms with Gasteiger partial charge in [-0.05, 0) is 37.5 Å². The molecule has 7 nitrogen and oxygen atoms in total. The van der Waals surface area contributed by atoms with Gasteiger partial charge in [0.1, 0.15) is 5.75 Å². The molecular weight excluding hydrogens is 332 g/mol. The van der Waals surface area contributed by atoms with Crippen molar-refractivity contribution in [3.8, 4) is 5.75 Å². The Morgan fingerprint density at radius 1 is 1.46 bits per heavy atom. The summed E-state index contributed by atoms with van der Waals surface area (Å²) in [5.41, 5.74) is 6.45. The summed E-state index contributed by atoms with van der Waals surface area (Å²) in [4.78, 5) is 18.0. The number of nitrogens with two attached hydrogens (primary N) is 1. The second-order valence-electron chi connectivity index (χ2n) is 7.05. The quantitative estimate of drug-likeness (QED) is 0.586. The summed E-state index contributed by atoms with van der Waals surface area (Å²) in [7, 11) is 0. The Kier molecular flexibility index (Phi) is 5.98. The molecule has 3 N–H and O–H groups in total. The third-order valence-corrected chi connectivity index (χ3v) is 4.95. The summed E-state index contributed by atoms with van der Waals surface area (Å²) in [5, 5.41) is 3.40. The van der Waals surface area contributed by atoms with E-state index in [0.717, 1.165) is 57.2 Å². The average Bonchev–Trinajstić information content (AvgIpc) is 3.27. The van der Waals surface area contributed by atoms with E-state index < -0.39 is 5.91 Å². The number of primary amides is 1. The lowest BCUT2D eigenvalue weighted by Gasteiger charge is -2.25. The second kappa shape index (κ2) is 8.40. The Hall–Kier alpha value is -2.28. The monoisotopic (exact) mass is 360 g/mol. The smallest absolute Gasteiger partial charge is 0.255 e. The fourth-order valence-electron chi connectivity index (χ4n) is 3.57. The third-order valence-electron chi connectivity index (χ3n) is 4.95. The highest BCUT2D eigenvalue weighted by molar-refractivity contribution is 5.80. The number of hydrogen-bond acceptors (Lipinski definition) is 4. The largest absolute Gasteiger partial charge is 0.484 e. The summed E-state index contributed by atoms with van der Waals surface area (Å²) in [6, 6.07) is 7.60. The predicted molar refractivity (Wildman–Crippen MR) is 100 cm³/mol. The van der Waals surface area contributed by atoms with Crippen LogP contribution < -0.4 is 15.8 Å². The number of benzene rings is 1. The highest BCUT2D eigenvalue weighted by atomic mass is 16.5. The number of amides is 1. The summed E-state index contributed by atoms with van der Waals surface area (Å²) in [6.07, 6.45) is 2.30. The van der Waals surface area contributed by atoms with Gasteiger partial charge < -0.3 is 25.4 Å². The van der Waals surface area contributed by atoms with Crippen LogP contribution in [0, 0.1) is 5.41 Å². The normalized spacial score (nSPS) is 22.8. The maximum atomic E-state index is 10.9. The number of hydrogen-bond donors (Lipinski definition) is 2. The molecule has 0 aromatic heterocycles. The van der Waals surface area contributed by atoms with Gasteiger partial charge >= 0.3 is 0 Å². The van der Waals surface area contributed by atoms with E-state index in [4.69, 9.17) is 20.2 Å². The van der Waals surface area contributed by atoms with Crippen molar-refractivity contribution in [1.82, 2.24) is 10.2 Å². The molecule has 2 aliphatic rings. The summed E-state index contributed by atoms with van der Waals surface area (Å²) < 4.78 is 11.0. The van der Waals surface area contributed by atoms with Crippen LogP contribution in [-0.4, -0.2) is 56.2 Å². The first-order chi connectivity index (χ1) is 12.6. The molecule has 2 saturated heterocycles. The maximum Gasteiger partial charge on any atom is 0.255 e. The van der Waals surface area contributed by atoms with E-state index in [-0.39, 0.29) is 6.61 Å². The van der Waals surface area contributed by atoms with Crippen molar-refractivity contribution in [3.63, 3.8) is 0 Å². The molecule has 2 heterocycles. The molecule has 7 heteroatoms. The van der Waals surface area contributed by atoms with Gasteiger partial charge in [0.15, 0.2) is 12.6 Å². The fourth-order valence-corrected chi connectivity index (χ4v) is 3.57. The minimum absolute atomic E-state index is 0.118. The lowest BCUT2D eigenvalue weighted by Crippen LogP contribution is -2.41. The lowest BCUT2D eigenvalue weighted by atomic mass is 9.87. The molecule has 142 valence electrons. The van der Waals surface area contributed by atoms with Gasteiger partial charge in [-0.1, -0.05) is 12.1 Å². The topological polar surface area (TPSA) is 89.2 Å². The first-order valence-electron chi connectivity index (χ1n) is 9.21. The average molecular weight is 360 g/mol. The van der Waals surface area contributed by atoms with Crippen molar-refractivity contribution >= 4 is 11.9 Å². The van der Waals surface area contributed by atoms with Gasteiger partial charge in [0.05, 0.1) is 13.2 Å². The first kappa shape index (κ1) is 18.5. The number of ether oxygens (including phenoxy) is 2. The van der Waals surface area contributed by atoms with Gasteiger partial charge in [-0.2, -0.15) is 0 Å². The summed E-state index contributed by atoms with van der Waals surface area (Å²) in [6.45, 7) is 7.10. The molecule has 1 atom stereocenters. The van der Waals surface area contributed by atoms with Crippen molar-refractivity contribution in [1.29, 1.82) is 0 Å². The van der Waals surface area contributed by atoms with Crippen LogP contribution in [0.1, 0.15) is 25.3 Å². The number of rotatable bonds is 6. The summed E-state index contributed by atoms with van der Waals surface area (Å²) >= 11 is 0. The highest BCUT2D eigenvalue weighted by Gasteiger charge is 2.42. The molecule has 1 aromatic carbocycles. The zero-order chi connectivity index (χ0) is 18.4. The molecule has 3 rings (SSSR count). The van der Waals surface area contributed by atoms with Crippen LogP contribution in [0.4, 0.5) is 0 Å². The fraction of sp³-hybridized carbons (Fsp3) is 0.579. The Labute approximate surface area is 154 Å². The molecule has 1 unspecified atom stereocenters. The Bertz CT molecular complexity index is 656. The van der Waals surface area contributed by atoms with Crippen LogP contribution in [0.2, 0.25) is 0 Å². The number of likely N-dealkylation sites (tertiary alicyclic amines) is 1. The predicted octanol–water partition coefficient (Wildman–Crippen LogP) is 1.13. The Morgan fingerprint density at radius 3 is 3.08 bits per heavy atom. The number of nitrogens with zero attached hydrogens (tertiary/aromatic N) is 2. The Balaban J connectivity index is 1.64. The van der Waals surface area contributed by atoms with Crippen molar-refractivity contribution < 1.29 is 14.3 Å². The third kappa shape index (κ3) is 4.66. The van der Waals surface area contributed by atoms with E-state index in [0.29, 0.717) is 17.7 Å². The number of carbonyl (C=O) groups is 1. The zero-order valence-corrected chi connectivity index (χ0v) is 15.4. The first-order valence-corrected chi connectivity index (χ1v) is 9.21. The van der Waals surface area contributed by atoms with Gasteiger partial charge in [-0.3, -0.25) is 4.79 Å². The van der Waals surface area contributed by atoms with Crippen LogP contribution in [0.5, 0.6) is 5.75 Å². The van der Waals surface area contributed by atoms with E-state index in [1.165, 1.54) is 0 Å².